The van der Waals surface area contributed by atoms with Gasteiger partial charge < -0.3 is 14.7 Å². The van der Waals surface area contributed by atoms with Gasteiger partial charge in [0, 0.05) is 78.1 Å². The first-order chi connectivity index (χ1) is 15.3. The van der Waals surface area contributed by atoms with E-state index in [1.54, 1.807) is 0 Å². The largest absolute Gasteiger partial charge is 0.353 e. The number of pyridine rings is 1. The Kier molecular flexibility index (Phi) is 7.69. The van der Waals surface area contributed by atoms with Gasteiger partial charge in [0.15, 0.2) is 0 Å². The van der Waals surface area contributed by atoms with Gasteiger partial charge in [0.2, 0.25) is 5.91 Å². The Bertz CT molecular complexity index is 826. The molecule has 3 heterocycles. The van der Waals surface area contributed by atoms with Gasteiger partial charge in [-0.1, -0.05) is 48.6 Å². The van der Waals surface area contributed by atoms with Crippen LogP contribution in [-0.4, -0.2) is 91.0 Å². The number of benzene rings is 1. The number of carbonyl (C=O) groups excluding carboxylic acids is 1. The number of piperazine rings is 2. The van der Waals surface area contributed by atoms with E-state index >= 15 is 0 Å². The van der Waals surface area contributed by atoms with Crippen LogP contribution >= 0.6 is 0 Å². The quantitative estimate of drug-likeness (QED) is 0.690. The van der Waals surface area contributed by atoms with E-state index in [1.165, 1.54) is 5.56 Å². The Balaban J connectivity index is 1.12. The Morgan fingerprint density at radius 1 is 0.839 bits per heavy atom. The van der Waals surface area contributed by atoms with Gasteiger partial charge in [-0.05, 0) is 17.7 Å². The summed E-state index contributed by atoms with van der Waals surface area (Å²) in [5.41, 5.74) is 1.25. The maximum absolute atomic E-state index is 12.7. The molecule has 2 fully saturated rings. The molecule has 0 unspecified atom stereocenters. The van der Waals surface area contributed by atoms with Crippen molar-refractivity contribution in [2.24, 2.45) is 0 Å². The average Bonchev–Trinajstić information content (AvgIpc) is 2.85. The molecule has 1 aromatic carbocycles. The van der Waals surface area contributed by atoms with E-state index in [-0.39, 0.29) is 5.91 Å². The first kappa shape index (κ1) is 21.5. The molecule has 0 aliphatic carbocycles. The van der Waals surface area contributed by atoms with Gasteiger partial charge in [-0.25, -0.2) is 4.98 Å². The summed E-state index contributed by atoms with van der Waals surface area (Å²) in [6.45, 7) is 9.37. The van der Waals surface area contributed by atoms with Crippen LogP contribution in [0.3, 0.4) is 0 Å². The van der Waals surface area contributed by atoms with Crippen molar-refractivity contribution >= 4 is 17.8 Å². The van der Waals surface area contributed by atoms with Crippen molar-refractivity contribution in [1.82, 2.24) is 19.7 Å². The molecule has 0 spiro atoms. The van der Waals surface area contributed by atoms with E-state index in [0.717, 1.165) is 71.3 Å². The van der Waals surface area contributed by atoms with Crippen molar-refractivity contribution in [2.75, 3.05) is 70.3 Å². The Morgan fingerprint density at radius 3 is 2.26 bits per heavy atom. The Morgan fingerprint density at radius 2 is 1.55 bits per heavy atom. The van der Waals surface area contributed by atoms with E-state index in [0.29, 0.717) is 6.42 Å². The minimum absolute atomic E-state index is 0.286. The highest BCUT2D eigenvalue weighted by Crippen LogP contribution is 2.13. The monoisotopic (exact) mass is 419 g/mol. The van der Waals surface area contributed by atoms with Crippen molar-refractivity contribution in [3.8, 4) is 0 Å². The van der Waals surface area contributed by atoms with Gasteiger partial charge in [-0.3, -0.25) is 9.69 Å². The predicted molar refractivity (Wildman–Crippen MR) is 126 cm³/mol. The fourth-order valence-electron chi connectivity index (χ4n) is 4.24. The smallest absolute Gasteiger partial charge is 0.223 e. The van der Waals surface area contributed by atoms with Crippen LogP contribution in [0.2, 0.25) is 0 Å². The molecular weight excluding hydrogens is 386 g/mol. The zero-order chi connectivity index (χ0) is 21.3. The highest BCUT2D eigenvalue weighted by Gasteiger charge is 2.23. The Hall–Kier alpha value is -2.70. The number of nitrogens with zero attached hydrogens (tertiary/aromatic N) is 5. The summed E-state index contributed by atoms with van der Waals surface area (Å²) in [7, 11) is 0. The van der Waals surface area contributed by atoms with Crippen LogP contribution < -0.4 is 4.90 Å². The molecule has 0 bridgehead atoms. The SMILES string of the molecule is O=C(CCN1CCN(CC=Cc2ccccc2)CC1)N1CCN(c2ccccn2)CC1. The van der Waals surface area contributed by atoms with Gasteiger partial charge in [0.25, 0.3) is 0 Å². The van der Waals surface area contributed by atoms with Crippen LogP contribution in [0.5, 0.6) is 0 Å². The minimum Gasteiger partial charge on any atom is -0.353 e. The summed E-state index contributed by atoms with van der Waals surface area (Å²) in [6.07, 6.45) is 6.89. The first-order valence-corrected chi connectivity index (χ1v) is 11.4. The van der Waals surface area contributed by atoms with Gasteiger partial charge >= 0.3 is 0 Å². The first-order valence-electron chi connectivity index (χ1n) is 11.4. The molecule has 2 aromatic rings. The lowest BCUT2D eigenvalue weighted by Gasteiger charge is -2.37. The van der Waals surface area contributed by atoms with Crippen LogP contribution in [0, 0.1) is 0 Å². The molecule has 0 atom stereocenters. The average molecular weight is 420 g/mol. The molecule has 2 aliphatic rings. The van der Waals surface area contributed by atoms with Crippen molar-refractivity contribution in [1.29, 1.82) is 0 Å². The van der Waals surface area contributed by atoms with Gasteiger partial charge in [0.1, 0.15) is 5.82 Å². The second-order valence-electron chi connectivity index (χ2n) is 8.26. The number of aromatic nitrogens is 1. The molecule has 0 radical (unpaired) electrons. The number of hydrogen-bond donors (Lipinski definition) is 0. The molecule has 6 nitrogen and oxygen atoms in total. The second-order valence-corrected chi connectivity index (χ2v) is 8.26. The highest BCUT2D eigenvalue weighted by atomic mass is 16.2. The molecule has 31 heavy (non-hydrogen) atoms. The number of anilines is 1. The zero-order valence-electron chi connectivity index (χ0n) is 18.3. The maximum atomic E-state index is 12.7. The third-order valence-electron chi connectivity index (χ3n) is 6.19. The summed E-state index contributed by atoms with van der Waals surface area (Å²) < 4.78 is 0. The number of hydrogen-bond acceptors (Lipinski definition) is 5. The lowest BCUT2D eigenvalue weighted by Crippen LogP contribution is -2.50. The van der Waals surface area contributed by atoms with Gasteiger partial charge in [-0.15, -0.1) is 0 Å². The topological polar surface area (TPSA) is 42.9 Å². The van der Waals surface area contributed by atoms with Crippen molar-refractivity contribution in [2.45, 2.75) is 6.42 Å². The molecule has 1 aromatic heterocycles. The molecule has 164 valence electrons. The fraction of sp³-hybridized carbons (Fsp3) is 0.440. The third-order valence-corrected chi connectivity index (χ3v) is 6.19. The van der Waals surface area contributed by atoms with Gasteiger partial charge in [0.05, 0.1) is 0 Å². The summed E-state index contributed by atoms with van der Waals surface area (Å²) in [4.78, 5) is 26.3. The molecule has 2 aliphatic heterocycles. The molecule has 0 saturated carbocycles. The Labute approximate surface area is 185 Å². The second kappa shape index (κ2) is 11.1. The summed E-state index contributed by atoms with van der Waals surface area (Å²) >= 11 is 0. The number of carbonyl (C=O) groups is 1. The van der Waals surface area contributed by atoms with Crippen LogP contribution in [0.1, 0.15) is 12.0 Å². The number of rotatable bonds is 7. The van der Waals surface area contributed by atoms with E-state index in [9.17, 15) is 4.79 Å². The third kappa shape index (κ3) is 6.39. The normalized spacial score (nSPS) is 18.6. The van der Waals surface area contributed by atoms with Crippen molar-refractivity contribution in [3.05, 3.63) is 66.4 Å². The van der Waals surface area contributed by atoms with Crippen LogP contribution in [-0.2, 0) is 4.79 Å². The zero-order valence-corrected chi connectivity index (χ0v) is 18.3. The van der Waals surface area contributed by atoms with Crippen LogP contribution in [0.4, 0.5) is 5.82 Å². The van der Waals surface area contributed by atoms with Gasteiger partial charge in [-0.2, -0.15) is 0 Å². The molecule has 0 N–H and O–H groups in total. The lowest BCUT2D eigenvalue weighted by molar-refractivity contribution is -0.131. The van der Waals surface area contributed by atoms with E-state index in [2.05, 4.69) is 56.1 Å². The van der Waals surface area contributed by atoms with Crippen molar-refractivity contribution in [3.63, 3.8) is 0 Å². The van der Waals surface area contributed by atoms with E-state index < -0.39 is 0 Å². The highest BCUT2D eigenvalue weighted by molar-refractivity contribution is 5.76. The molecule has 4 rings (SSSR count). The molecule has 1 amide bonds. The van der Waals surface area contributed by atoms with Crippen LogP contribution in [0.15, 0.2) is 60.8 Å². The van der Waals surface area contributed by atoms with Crippen LogP contribution in [0.25, 0.3) is 6.08 Å². The van der Waals surface area contributed by atoms with E-state index in [1.807, 2.05) is 35.4 Å². The molecule has 2 saturated heterocycles. The summed E-state index contributed by atoms with van der Waals surface area (Å²) in [5.74, 6) is 1.29. The van der Waals surface area contributed by atoms with Crippen molar-refractivity contribution < 1.29 is 4.79 Å². The maximum Gasteiger partial charge on any atom is 0.223 e. The minimum atomic E-state index is 0.286. The molecule has 6 heteroatoms. The fourth-order valence-corrected chi connectivity index (χ4v) is 4.24. The summed E-state index contributed by atoms with van der Waals surface area (Å²) in [5, 5.41) is 0. The van der Waals surface area contributed by atoms with E-state index in [4.69, 9.17) is 0 Å². The molecular formula is C25H33N5O. The lowest BCUT2D eigenvalue weighted by atomic mass is 10.2. The number of amides is 1. The summed E-state index contributed by atoms with van der Waals surface area (Å²) in [6, 6.07) is 16.4. The standard InChI is InChI=1S/C25H33N5O/c31-25(30-21-19-29(20-22-30)24-10-4-5-12-26-24)11-14-28-17-15-27(16-18-28)13-6-9-23-7-2-1-3-8-23/h1-10,12H,11,13-22H2. The predicted octanol–water partition coefficient (Wildman–Crippen LogP) is 2.45.